The van der Waals surface area contributed by atoms with Crippen LogP contribution in [0.3, 0.4) is 0 Å². The summed E-state index contributed by atoms with van der Waals surface area (Å²) in [6.07, 6.45) is 9.18. The molecule has 13 heteroatoms. The molecule has 2 aromatic heterocycles. The standard InChI is InChI=1S/C14H17NO2S.C14H15NO2S.C12H16O3.C11H14O2/c2*1-2-17-12-6-3-11(4-7-12)5-8-13(16)14-15-9-10-18-14;1-3-15-11-7-4-10(5-8-11)6-9-12(13)14-2;1-2-13-11-7-5-10(6-8-11)4-3-9-12/h3-4,6-7,9-10,13,16H,2,5,8H2,1H3;3-4,6-7,9-10H,2,5,8H2,1H3;4-5,7-8H,3,6,9H2,1-2H3;5-9H,2-4H2,1H3. The minimum atomic E-state index is -0.462. The van der Waals surface area contributed by atoms with Crippen molar-refractivity contribution in [2.75, 3.05) is 33.5 Å². The molecule has 0 saturated heterocycles. The number of aldehydes is 1. The van der Waals surface area contributed by atoms with Crippen LogP contribution in [0.2, 0.25) is 0 Å². The van der Waals surface area contributed by atoms with Crippen molar-refractivity contribution in [3.63, 3.8) is 0 Å². The number of hydrogen-bond donors (Lipinski definition) is 1. The van der Waals surface area contributed by atoms with Crippen LogP contribution in [0.15, 0.2) is 120 Å². The first-order chi connectivity index (χ1) is 31.2. The smallest absolute Gasteiger partial charge is 0.305 e. The molecule has 0 saturated carbocycles. The monoisotopic (exact) mass is 910 g/mol. The van der Waals surface area contributed by atoms with Crippen molar-refractivity contribution in [1.29, 1.82) is 0 Å². The van der Waals surface area contributed by atoms with Gasteiger partial charge in [0.15, 0.2) is 10.8 Å². The highest BCUT2D eigenvalue weighted by molar-refractivity contribution is 7.11. The maximum Gasteiger partial charge on any atom is 0.305 e. The van der Waals surface area contributed by atoms with Crippen LogP contribution in [0.5, 0.6) is 23.0 Å². The number of hydrogen-bond acceptors (Lipinski definition) is 13. The molecule has 0 aliphatic carbocycles. The topological polar surface area (TPSA) is 143 Å². The molecule has 342 valence electrons. The van der Waals surface area contributed by atoms with Gasteiger partial charge in [-0.05, 0) is 131 Å². The fraction of sp³-hybridized carbons (Fsp3) is 0.353. The highest BCUT2D eigenvalue weighted by atomic mass is 32.1. The number of ether oxygens (including phenoxy) is 5. The van der Waals surface area contributed by atoms with Crippen molar-refractivity contribution in [2.24, 2.45) is 0 Å². The number of esters is 1. The number of benzene rings is 4. The zero-order chi connectivity index (χ0) is 46.2. The van der Waals surface area contributed by atoms with Gasteiger partial charge in [-0.3, -0.25) is 9.59 Å². The molecule has 0 fully saturated rings. The zero-order valence-corrected chi connectivity index (χ0v) is 39.2. The molecule has 0 radical (unpaired) electrons. The predicted octanol–water partition coefficient (Wildman–Crippen LogP) is 11.0. The van der Waals surface area contributed by atoms with Crippen molar-refractivity contribution < 1.29 is 43.2 Å². The Labute approximate surface area is 386 Å². The van der Waals surface area contributed by atoms with Crippen molar-refractivity contribution in [2.45, 2.75) is 85.2 Å². The van der Waals surface area contributed by atoms with Crippen LogP contribution < -0.4 is 18.9 Å². The number of carbonyl (C=O) groups excluding carboxylic acids is 3. The van der Waals surface area contributed by atoms with Gasteiger partial charge in [-0.2, -0.15) is 0 Å². The highest BCUT2D eigenvalue weighted by Gasteiger charge is 2.11. The number of Topliss-reactive ketones (excluding diaryl/α,β-unsaturated/α-hetero) is 1. The van der Waals surface area contributed by atoms with Gasteiger partial charge in [0.05, 0.1) is 33.5 Å². The van der Waals surface area contributed by atoms with Crippen LogP contribution in [-0.4, -0.2) is 66.7 Å². The van der Waals surface area contributed by atoms with Crippen molar-refractivity contribution in [3.05, 3.63) is 152 Å². The first-order valence-electron chi connectivity index (χ1n) is 21.6. The molecule has 1 N–H and O–H groups in total. The number of aliphatic hydroxyl groups is 1. The molecule has 6 rings (SSSR count). The number of rotatable bonds is 22. The Morgan fingerprint density at radius 2 is 0.984 bits per heavy atom. The van der Waals surface area contributed by atoms with Gasteiger partial charge in [-0.25, -0.2) is 9.97 Å². The van der Waals surface area contributed by atoms with Gasteiger partial charge >= 0.3 is 5.97 Å². The summed E-state index contributed by atoms with van der Waals surface area (Å²) in [7, 11) is 1.40. The molecule has 0 bridgehead atoms. The van der Waals surface area contributed by atoms with Crippen LogP contribution in [0, 0.1) is 0 Å². The minimum absolute atomic E-state index is 0.110. The maximum absolute atomic E-state index is 11.8. The summed E-state index contributed by atoms with van der Waals surface area (Å²) >= 11 is 2.89. The first-order valence-corrected chi connectivity index (χ1v) is 23.3. The lowest BCUT2D eigenvalue weighted by Crippen LogP contribution is -2.01. The Morgan fingerprint density at radius 1 is 0.578 bits per heavy atom. The Morgan fingerprint density at radius 3 is 1.36 bits per heavy atom. The largest absolute Gasteiger partial charge is 0.494 e. The second kappa shape index (κ2) is 31.9. The van der Waals surface area contributed by atoms with Crippen LogP contribution in [0.25, 0.3) is 0 Å². The number of aliphatic hydroxyl groups excluding tert-OH is 1. The van der Waals surface area contributed by atoms with Crippen LogP contribution in [0.1, 0.15) is 96.5 Å². The third-order valence-corrected chi connectivity index (χ3v) is 10.8. The van der Waals surface area contributed by atoms with Crippen molar-refractivity contribution in [3.8, 4) is 23.0 Å². The number of methoxy groups -OCH3 is 1. The van der Waals surface area contributed by atoms with Crippen molar-refractivity contribution >= 4 is 40.7 Å². The molecule has 4 aromatic carbocycles. The average molecular weight is 911 g/mol. The number of nitrogens with zero attached hydrogens (tertiary/aromatic N) is 2. The van der Waals surface area contributed by atoms with E-state index in [-0.39, 0.29) is 11.8 Å². The number of aryl methyl sites for hydroxylation is 4. The highest BCUT2D eigenvalue weighted by Crippen LogP contribution is 2.22. The Balaban J connectivity index is 0.000000229. The van der Waals surface area contributed by atoms with E-state index >= 15 is 0 Å². The van der Waals surface area contributed by atoms with Crippen LogP contribution in [-0.2, 0) is 40.0 Å². The van der Waals surface area contributed by atoms with Crippen molar-refractivity contribution in [1.82, 2.24) is 9.97 Å². The molecule has 1 unspecified atom stereocenters. The first kappa shape index (κ1) is 52.5. The van der Waals surface area contributed by atoms with E-state index in [9.17, 15) is 19.5 Å². The molecule has 0 aliphatic rings. The second-order valence-electron chi connectivity index (χ2n) is 13.8. The molecule has 11 nitrogen and oxygen atoms in total. The normalized spacial score (nSPS) is 10.6. The third kappa shape index (κ3) is 21.5. The van der Waals surface area contributed by atoms with Gasteiger partial charge in [0.25, 0.3) is 0 Å². The Bertz CT molecular complexity index is 2110. The molecule has 0 spiro atoms. The van der Waals surface area contributed by atoms with E-state index in [0.29, 0.717) is 63.5 Å². The van der Waals surface area contributed by atoms with Gasteiger partial charge < -0.3 is 33.6 Å². The summed E-state index contributed by atoms with van der Waals surface area (Å²) in [4.78, 5) is 40.9. The third-order valence-electron chi connectivity index (χ3n) is 9.09. The molecule has 0 amide bonds. The molecule has 64 heavy (non-hydrogen) atoms. The van der Waals surface area contributed by atoms with Gasteiger partial charge in [-0.1, -0.05) is 48.5 Å². The number of ketones is 1. The molecule has 0 aliphatic heterocycles. The van der Waals surface area contributed by atoms with E-state index in [1.54, 1.807) is 12.4 Å². The van der Waals surface area contributed by atoms with Gasteiger partial charge in [0.2, 0.25) is 0 Å². The minimum Gasteiger partial charge on any atom is -0.494 e. The van der Waals surface area contributed by atoms with E-state index in [1.165, 1.54) is 40.9 Å². The number of carbonyl (C=O) groups is 3. The Kier molecular flexibility index (Phi) is 26.1. The lowest BCUT2D eigenvalue weighted by Gasteiger charge is -2.08. The summed E-state index contributed by atoms with van der Waals surface area (Å²) in [6, 6.07) is 31.5. The lowest BCUT2D eigenvalue weighted by molar-refractivity contribution is -0.140. The van der Waals surface area contributed by atoms with Gasteiger partial charge in [0, 0.05) is 42.4 Å². The maximum atomic E-state index is 11.8. The molecule has 1 atom stereocenters. The molecule has 6 aromatic rings. The van der Waals surface area contributed by atoms with E-state index in [0.717, 1.165) is 64.7 Å². The van der Waals surface area contributed by atoms with E-state index in [1.807, 2.05) is 136 Å². The zero-order valence-electron chi connectivity index (χ0n) is 37.6. The summed E-state index contributed by atoms with van der Waals surface area (Å²) in [5, 5.41) is 15.0. The number of thiazole rings is 2. The van der Waals surface area contributed by atoms with E-state index in [2.05, 4.69) is 14.7 Å². The van der Waals surface area contributed by atoms with E-state index < -0.39 is 6.10 Å². The summed E-state index contributed by atoms with van der Waals surface area (Å²) in [5.74, 6) is 3.44. The predicted molar refractivity (Wildman–Crippen MR) is 255 cm³/mol. The number of aromatic nitrogens is 2. The Hall–Kier alpha value is -5.89. The summed E-state index contributed by atoms with van der Waals surface area (Å²) in [5.41, 5.74) is 4.64. The summed E-state index contributed by atoms with van der Waals surface area (Å²) in [6.45, 7) is 10.5. The molecular formula is C51H62N2O9S2. The quantitative estimate of drug-likeness (QED) is 0.0395. The SMILES string of the molecule is CCOc1ccc(CCC(=O)OC)cc1.CCOc1ccc(CCC(=O)c2nccs2)cc1.CCOc1ccc(CCC(O)c2nccs2)cc1.CCOc1ccc(CCC=O)cc1. The lowest BCUT2D eigenvalue weighted by atomic mass is 10.1. The second-order valence-corrected chi connectivity index (χ2v) is 15.6. The van der Waals surface area contributed by atoms with Gasteiger partial charge in [-0.15, -0.1) is 22.7 Å². The summed E-state index contributed by atoms with van der Waals surface area (Å²) < 4.78 is 25.9. The average Bonchev–Trinajstić information content (AvgIpc) is 4.08. The molecule has 2 heterocycles. The van der Waals surface area contributed by atoms with Crippen LogP contribution in [0.4, 0.5) is 0 Å². The fourth-order valence-corrected chi connectivity index (χ4v) is 7.07. The van der Waals surface area contributed by atoms with Crippen LogP contribution >= 0.6 is 22.7 Å². The van der Waals surface area contributed by atoms with Gasteiger partial charge in [0.1, 0.15) is 40.4 Å². The molecular weight excluding hydrogens is 849 g/mol. The van der Waals surface area contributed by atoms with E-state index in [4.69, 9.17) is 18.9 Å². The fourth-order valence-electron chi connectivity index (χ4n) is 5.80.